The fourth-order valence-corrected chi connectivity index (χ4v) is 2.09. The molecule has 0 saturated carbocycles. The lowest BCUT2D eigenvalue weighted by atomic mass is 10.1. The van der Waals surface area contributed by atoms with Gasteiger partial charge in [-0.3, -0.25) is 4.79 Å². The van der Waals surface area contributed by atoms with Crippen LogP contribution >= 0.6 is 0 Å². The van der Waals surface area contributed by atoms with Gasteiger partial charge in [-0.05, 0) is 50.1 Å². The van der Waals surface area contributed by atoms with Gasteiger partial charge in [-0.1, -0.05) is 0 Å². The molecule has 0 aliphatic carbocycles. The number of carbonyl (C=O) groups excluding carboxylic acids is 1. The van der Waals surface area contributed by atoms with Gasteiger partial charge < -0.3 is 15.4 Å². The fourth-order valence-electron chi connectivity index (χ4n) is 2.09. The van der Waals surface area contributed by atoms with E-state index in [1.165, 1.54) is 0 Å². The maximum Gasteiger partial charge on any atom is 0.241 e. The summed E-state index contributed by atoms with van der Waals surface area (Å²) in [6.07, 6.45) is 1.99. The zero-order valence-electron chi connectivity index (χ0n) is 10.2. The minimum Gasteiger partial charge on any atom is -0.496 e. The molecule has 4 nitrogen and oxygen atoms in total. The summed E-state index contributed by atoms with van der Waals surface area (Å²) >= 11 is 0. The quantitative estimate of drug-likeness (QED) is 0.837. The Kier molecular flexibility index (Phi) is 3.64. The van der Waals surface area contributed by atoms with Gasteiger partial charge in [-0.2, -0.15) is 0 Å². The number of hydrogen-bond donors (Lipinski definition) is 2. The molecule has 1 fully saturated rings. The Morgan fingerprint density at radius 3 is 2.94 bits per heavy atom. The molecule has 0 bridgehead atoms. The van der Waals surface area contributed by atoms with Crippen LogP contribution < -0.4 is 15.4 Å². The zero-order chi connectivity index (χ0) is 12.3. The fraction of sp³-hybridized carbons (Fsp3) is 0.462. The van der Waals surface area contributed by atoms with Gasteiger partial charge in [0.2, 0.25) is 5.91 Å². The molecule has 1 amide bonds. The van der Waals surface area contributed by atoms with Gasteiger partial charge in [-0.25, -0.2) is 0 Å². The van der Waals surface area contributed by atoms with Crippen molar-refractivity contribution in [3.63, 3.8) is 0 Å². The largest absolute Gasteiger partial charge is 0.496 e. The predicted molar refractivity (Wildman–Crippen MR) is 67.4 cm³/mol. The van der Waals surface area contributed by atoms with Crippen LogP contribution in [0.5, 0.6) is 5.75 Å². The first-order valence-electron chi connectivity index (χ1n) is 5.89. The second-order valence-electron chi connectivity index (χ2n) is 4.32. The molecule has 2 N–H and O–H groups in total. The lowest BCUT2D eigenvalue weighted by molar-refractivity contribution is -0.117. The highest BCUT2D eigenvalue weighted by Gasteiger charge is 2.21. The van der Waals surface area contributed by atoms with Crippen molar-refractivity contribution in [2.24, 2.45) is 0 Å². The van der Waals surface area contributed by atoms with E-state index in [-0.39, 0.29) is 11.9 Å². The van der Waals surface area contributed by atoms with Crippen molar-refractivity contribution in [1.29, 1.82) is 0 Å². The highest BCUT2D eigenvalue weighted by molar-refractivity contribution is 5.95. The normalized spacial score (nSPS) is 19.1. The number of anilines is 1. The number of methoxy groups -OCH3 is 1. The van der Waals surface area contributed by atoms with Crippen LogP contribution in [0, 0.1) is 6.92 Å². The summed E-state index contributed by atoms with van der Waals surface area (Å²) in [5.74, 6) is 0.883. The molecule has 0 spiro atoms. The number of hydrogen-bond acceptors (Lipinski definition) is 3. The second-order valence-corrected chi connectivity index (χ2v) is 4.32. The molecule has 17 heavy (non-hydrogen) atoms. The summed E-state index contributed by atoms with van der Waals surface area (Å²) in [6, 6.07) is 5.61. The third kappa shape index (κ3) is 2.77. The topological polar surface area (TPSA) is 50.4 Å². The zero-order valence-corrected chi connectivity index (χ0v) is 10.2. The second kappa shape index (κ2) is 5.19. The predicted octanol–water partition coefficient (Wildman–Crippen LogP) is 1.69. The highest BCUT2D eigenvalue weighted by Crippen LogP contribution is 2.21. The molecule has 1 aliphatic rings. The minimum absolute atomic E-state index is 0.0441. The van der Waals surface area contributed by atoms with Crippen molar-refractivity contribution in [1.82, 2.24) is 5.32 Å². The highest BCUT2D eigenvalue weighted by atomic mass is 16.5. The lowest BCUT2D eigenvalue weighted by Gasteiger charge is -2.12. The van der Waals surface area contributed by atoms with Crippen molar-refractivity contribution in [2.45, 2.75) is 25.8 Å². The number of amides is 1. The molecule has 1 atom stereocenters. The van der Waals surface area contributed by atoms with E-state index >= 15 is 0 Å². The number of ether oxygens (including phenoxy) is 1. The average molecular weight is 234 g/mol. The van der Waals surface area contributed by atoms with E-state index in [0.29, 0.717) is 0 Å². The number of aryl methyl sites for hydroxylation is 1. The van der Waals surface area contributed by atoms with E-state index in [9.17, 15) is 4.79 Å². The third-order valence-corrected chi connectivity index (χ3v) is 3.04. The molecule has 1 aliphatic heterocycles. The smallest absolute Gasteiger partial charge is 0.241 e. The molecule has 0 radical (unpaired) electrons. The van der Waals surface area contributed by atoms with Crippen LogP contribution in [0.2, 0.25) is 0 Å². The van der Waals surface area contributed by atoms with Gasteiger partial charge in [-0.15, -0.1) is 0 Å². The molecule has 2 rings (SSSR count). The Bertz CT molecular complexity index is 412. The van der Waals surface area contributed by atoms with Gasteiger partial charge in [0.1, 0.15) is 5.75 Å². The van der Waals surface area contributed by atoms with E-state index in [1.807, 2.05) is 25.1 Å². The summed E-state index contributed by atoms with van der Waals surface area (Å²) in [4.78, 5) is 11.9. The Hall–Kier alpha value is -1.55. The molecule has 1 aromatic rings. The molecule has 1 saturated heterocycles. The van der Waals surface area contributed by atoms with E-state index in [0.717, 1.165) is 36.4 Å². The SMILES string of the molecule is COc1ccc(NC(=O)[C@@H]2CCCN2)cc1C. The molecular formula is C13H18N2O2. The van der Waals surface area contributed by atoms with Crippen LogP contribution in [-0.4, -0.2) is 25.6 Å². The molecule has 0 aromatic heterocycles. The lowest BCUT2D eigenvalue weighted by Crippen LogP contribution is -2.35. The van der Waals surface area contributed by atoms with Crippen LogP contribution in [0.4, 0.5) is 5.69 Å². The van der Waals surface area contributed by atoms with Crippen molar-refractivity contribution >= 4 is 11.6 Å². The molecule has 1 heterocycles. The van der Waals surface area contributed by atoms with Gasteiger partial charge in [0.05, 0.1) is 13.2 Å². The maximum absolute atomic E-state index is 11.9. The Morgan fingerprint density at radius 1 is 1.53 bits per heavy atom. The van der Waals surface area contributed by atoms with Crippen molar-refractivity contribution < 1.29 is 9.53 Å². The summed E-state index contributed by atoms with van der Waals surface area (Å²) in [6.45, 7) is 2.89. The monoisotopic (exact) mass is 234 g/mol. The Labute approximate surface area is 101 Å². The van der Waals surface area contributed by atoms with E-state index in [4.69, 9.17) is 4.74 Å². The number of nitrogens with one attached hydrogen (secondary N) is 2. The van der Waals surface area contributed by atoms with Crippen LogP contribution in [0.1, 0.15) is 18.4 Å². The number of rotatable bonds is 3. The van der Waals surface area contributed by atoms with Gasteiger partial charge >= 0.3 is 0 Å². The van der Waals surface area contributed by atoms with Crippen LogP contribution in [-0.2, 0) is 4.79 Å². The van der Waals surface area contributed by atoms with Gasteiger partial charge in [0.15, 0.2) is 0 Å². The first kappa shape index (κ1) is 11.9. The number of benzene rings is 1. The van der Waals surface area contributed by atoms with Crippen molar-refractivity contribution in [3.8, 4) is 5.75 Å². The maximum atomic E-state index is 11.9. The molecule has 0 unspecified atom stereocenters. The molecular weight excluding hydrogens is 216 g/mol. The third-order valence-electron chi connectivity index (χ3n) is 3.04. The molecule has 1 aromatic carbocycles. The van der Waals surface area contributed by atoms with Gasteiger partial charge in [0, 0.05) is 5.69 Å². The molecule has 4 heteroatoms. The first-order valence-corrected chi connectivity index (χ1v) is 5.89. The number of carbonyl (C=O) groups is 1. The Balaban J connectivity index is 2.03. The molecule has 92 valence electrons. The van der Waals surface area contributed by atoms with E-state index in [1.54, 1.807) is 7.11 Å². The summed E-state index contributed by atoms with van der Waals surface area (Å²) in [5, 5.41) is 6.10. The van der Waals surface area contributed by atoms with Crippen molar-refractivity contribution in [2.75, 3.05) is 19.0 Å². The summed E-state index contributed by atoms with van der Waals surface area (Å²) in [7, 11) is 1.64. The van der Waals surface area contributed by atoms with Crippen molar-refractivity contribution in [3.05, 3.63) is 23.8 Å². The first-order chi connectivity index (χ1) is 8.20. The van der Waals surface area contributed by atoms with Crippen LogP contribution in [0.25, 0.3) is 0 Å². The summed E-state index contributed by atoms with van der Waals surface area (Å²) < 4.78 is 5.18. The van der Waals surface area contributed by atoms with E-state index < -0.39 is 0 Å². The standard InChI is InChI=1S/C13H18N2O2/c1-9-8-10(5-6-12(9)17-2)15-13(16)11-4-3-7-14-11/h5-6,8,11,14H,3-4,7H2,1-2H3,(H,15,16)/t11-/m0/s1. The van der Waals surface area contributed by atoms with E-state index in [2.05, 4.69) is 10.6 Å². The van der Waals surface area contributed by atoms with Gasteiger partial charge in [0.25, 0.3) is 0 Å². The summed E-state index contributed by atoms with van der Waals surface area (Å²) in [5.41, 5.74) is 1.84. The minimum atomic E-state index is -0.0441. The Morgan fingerprint density at radius 2 is 2.35 bits per heavy atom. The van der Waals surface area contributed by atoms with Crippen LogP contribution in [0.3, 0.4) is 0 Å². The average Bonchev–Trinajstić information content (AvgIpc) is 2.82. The van der Waals surface area contributed by atoms with Crippen LogP contribution in [0.15, 0.2) is 18.2 Å².